The molecule has 0 heterocycles. The third kappa shape index (κ3) is 1.97. The van der Waals surface area contributed by atoms with Gasteiger partial charge in [-0.2, -0.15) is 0 Å². The van der Waals surface area contributed by atoms with E-state index < -0.39 is 0 Å². The smallest absolute Gasteiger partial charge is 0.311 e. The molecule has 20 heavy (non-hydrogen) atoms. The minimum atomic E-state index is -0.0780. The van der Waals surface area contributed by atoms with Gasteiger partial charge in [-0.1, -0.05) is 39.0 Å². The van der Waals surface area contributed by atoms with E-state index in [1.54, 1.807) is 0 Å². The highest BCUT2D eigenvalue weighted by Gasteiger charge is 2.61. The minimum Gasteiger partial charge on any atom is -0.427 e. The van der Waals surface area contributed by atoms with Gasteiger partial charge in [-0.25, -0.2) is 0 Å². The molecule has 3 rings (SSSR count). The first-order valence-corrected chi connectivity index (χ1v) is 7.69. The van der Waals surface area contributed by atoms with Gasteiger partial charge < -0.3 is 4.74 Å². The van der Waals surface area contributed by atoms with Gasteiger partial charge in [0.2, 0.25) is 0 Å². The quantitative estimate of drug-likeness (QED) is 0.600. The Morgan fingerprint density at radius 1 is 1.25 bits per heavy atom. The third-order valence-corrected chi connectivity index (χ3v) is 6.36. The van der Waals surface area contributed by atoms with E-state index >= 15 is 0 Å². The average Bonchev–Trinajstić information content (AvgIpc) is 2.73. The van der Waals surface area contributed by atoms with Crippen LogP contribution in [0.25, 0.3) is 0 Å². The largest absolute Gasteiger partial charge is 0.427 e. The Hall–Kier alpha value is -1.31. The van der Waals surface area contributed by atoms with Crippen LogP contribution in [-0.4, -0.2) is 5.97 Å². The first-order chi connectivity index (χ1) is 9.43. The number of ether oxygens (including phenoxy) is 1. The molecule has 2 aliphatic carbocycles. The van der Waals surface area contributed by atoms with Crippen LogP contribution < -0.4 is 4.74 Å². The van der Waals surface area contributed by atoms with Crippen molar-refractivity contribution in [3.05, 3.63) is 30.3 Å². The predicted octanol–water partition coefficient (Wildman–Crippen LogP) is 4.44. The van der Waals surface area contributed by atoms with Crippen molar-refractivity contribution in [3.8, 4) is 5.75 Å². The molecule has 0 aliphatic heterocycles. The maximum absolute atomic E-state index is 12.2. The van der Waals surface area contributed by atoms with Crippen LogP contribution in [0.4, 0.5) is 0 Å². The first kappa shape index (κ1) is 13.7. The Morgan fingerprint density at radius 3 is 2.50 bits per heavy atom. The van der Waals surface area contributed by atoms with Gasteiger partial charge in [0, 0.05) is 6.42 Å². The van der Waals surface area contributed by atoms with Crippen molar-refractivity contribution in [2.24, 2.45) is 22.7 Å². The summed E-state index contributed by atoms with van der Waals surface area (Å²) in [6.45, 7) is 7.14. The molecule has 2 fully saturated rings. The van der Waals surface area contributed by atoms with Crippen LogP contribution in [0.5, 0.6) is 5.75 Å². The highest BCUT2D eigenvalue weighted by Crippen LogP contribution is 2.68. The molecule has 2 heteroatoms. The van der Waals surface area contributed by atoms with Gasteiger partial charge in [0.15, 0.2) is 0 Å². The van der Waals surface area contributed by atoms with Gasteiger partial charge in [0.25, 0.3) is 0 Å². The summed E-state index contributed by atoms with van der Waals surface area (Å²) in [5.41, 5.74) is 0.665. The topological polar surface area (TPSA) is 26.3 Å². The Bertz CT molecular complexity index is 505. The van der Waals surface area contributed by atoms with Crippen molar-refractivity contribution in [1.29, 1.82) is 0 Å². The van der Waals surface area contributed by atoms with Crippen LogP contribution in [0.2, 0.25) is 0 Å². The second kappa shape index (κ2) is 4.61. The molecular weight excluding hydrogens is 248 g/mol. The van der Waals surface area contributed by atoms with Gasteiger partial charge in [0.05, 0.1) is 0 Å². The summed E-state index contributed by atoms with van der Waals surface area (Å²) in [5, 5.41) is 0. The molecule has 0 amide bonds. The fraction of sp³-hybridized carbons (Fsp3) is 0.611. The van der Waals surface area contributed by atoms with Crippen LogP contribution in [0.3, 0.4) is 0 Å². The Kier molecular flexibility index (Phi) is 3.15. The molecule has 0 spiro atoms. The molecule has 3 atom stereocenters. The summed E-state index contributed by atoms with van der Waals surface area (Å²) in [5.74, 6) is 1.84. The molecule has 0 saturated heterocycles. The zero-order valence-corrected chi connectivity index (χ0v) is 12.7. The lowest BCUT2D eigenvalue weighted by Gasteiger charge is -2.39. The van der Waals surface area contributed by atoms with Crippen LogP contribution in [0, 0.1) is 22.7 Å². The summed E-state index contributed by atoms with van der Waals surface area (Å²) < 4.78 is 5.46. The molecule has 2 bridgehead atoms. The number of benzene rings is 1. The molecule has 0 radical (unpaired) electrons. The molecule has 1 unspecified atom stereocenters. The van der Waals surface area contributed by atoms with Crippen LogP contribution in [0.1, 0.15) is 46.5 Å². The van der Waals surface area contributed by atoms with E-state index in [4.69, 9.17) is 4.74 Å². The number of hydrogen-bond donors (Lipinski definition) is 0. The molecule has 2 aliphatic rings. The number of esters is 1. The number of fused-ring (bicyclic) bond motifs is 2. The van der Waals surface area contributed by atoms with Crippen molar-refractivity contribution < 1.29 is 9.53 Å². The maximum Gasteiger partial charge on any atom is 0.311 e. The SMILES string of the molecule is CC1(C)[C@@H]2CC[C@]1(C)C(CC(=O)Oc1ccccc1)C2. The van der Waals surface area contributed by atoms with Gasteiger partial charge in [-0.3, -0.25) is 4.79 Å². The molecule has 0 aromatic heterocycles. The van der Waals surface area contributed by atoms with E-state index in [1.807, 2.05) is 30.3 Å². The van der Waals surface area contributed by atoms with E-state index in [-0.39, 0.29) is 5.97 Å². The third-order valence-electron chi connectivity index (χ3n) is 6.36. The highest BCUT2D eigenvalue weighted by molar-refractivity contribution is 5.72. The Balaban J connectivity index is 1.66. The summed E-state index contributed by atoms with van der Waals surface area (Å²) in [6.07, 6.45) is 4.33. The van der Waals surface area contributed by atoms with Gasteiger partial charge in [-0.15, -0.1) is 0 Å². The van der Waals surface area contributed by atoms with E-state index in [0.29, 0.717) is 28.9 Å². The summed E-state index contributed by atoms with van der Waals surface area (Å²) in [7, 11) is 0. The van der Waals surface area contributed by atoms with E-state index in [9.17, 15) is 4.79 Å². The normalized spacial score (nSPS) is 34.1. The minimum absolute atomic E-state index is 0.0780. The van der Waals surface area contributed by atoms with E-state index in [2.05, 4.69) is 20.8 Å². The molecule has 1 aromatic carbocycles. The van der Waals surface area contributed by atoms with Crippen LogP contribution in [0.15, 0.2) is 30.3 Å². The highest BCUT2D eigenvalue weighted by atomic mass is 16.5. The zero-order valence-electron chi connectivity index (χ0n) is 12.7. The Morgan fingerprint density at radius 2 is 1.95 bits per heavy atom. The lowest BCUT2D eigenvalue weighted by atomic mass is 9.66. The summed E-state index contributed by atoms with van der Waals surface area (Å²) in [6, 6.07) is 9.39. The van der Waals surface area contributed by atoms with Gasteiger partial charge in [0.1, 0.15) is 5.75 Å². The first-order valence-electron chi connectivity index (χ1n) is 7.69. The standard InChI is InChI=1S/C18H24O2/c1-17(2)13-9-10-18(17,3)14(11-13)12-16(19)20-15-7-5-4-6-8-15/h4-8,13-14H,9-12H2,1-3H3/t13-,14?,18-/m1/s1. The lowest BCUT2D eigenvalue weighted by Crippen LogP contribution is -2.33. The zero-order chi connectivity index (χ0) is 14.4. The van der Waals surface area contributed by atoms with Crippen molar-refractivity contribution in [2.75, 3.05) is 0 Å². The number of para-hydroxylation sites is 1. The Labute approximate surface area is 121 Å². The molecule has 2 nitrogen and oxygen atoms in total. The predicted molar refractivity (Wildman–Crippen MR) is 79.4 cm³/mol. The lowest BCUT2D eigenvalue weighted by molar-refractivity contribution is -0.136. The summed E-state index contributed by atoms with van der Waals surface area (Å²) >= 11 is 0. The van der Waals surface area contributed by atoms with Crippen LogP contribution in [-0.2, 0) is 4.79 Å². The number of carbonyl (C=O) groups is 1. The number of carbonyl (C=O) groups excluding carboxylic acids is 1. The van der Waals surface area contributed by atoms with E-state index in [0.717, 1.165) is 5.92 Å². The fourth-order valence-corrected chi connectivity index (χ4v) is 4.54. The van der Waals surface area contributed by atoms with Gasteiger partial charge in [-0.05, 0) is 54.1 Å². The molecule has 2 saturated carbocycles. The second-order valence-corrected chi connectivity index (χ2v) is 7.30. The second-order valence-electron chi connectivity index (χ2n) is 7.30. The summed E-state index contributed by atoms with van der Waals surface area (Å²) in [4.78, 5) is 12.2. The van der Waals surface area contributed by atoms with Gasteiger partial charge >= 0.3 is 5.97 Å². The monoisotopic (exact) mass is 272 g/mol. The fourth-order valence-electron chi connectivity index (χ4n) is 4.54. The number of hydrogen-bond acceptors (Lipinski definition) is 2. The van der Waals surface area contributed by atoms with Crippen molar-refractivity contribution in [2.45, 2.75) is 46.5 Å². The van der Waals surface area contributed by atoms with Crippen molar-refractivity contribution in [1.82, 2.24) is 0 Å². The van der Waals surface area contributed by atoms with Crippen molar-refractivity contribution in [3.63, 3.8) is 0 Å². The molecular formula is C18H24O2. The molecule has 108 valence electrons. The molecule has 0 N–H and O–H groups in total. The van der Waals surface area contributed by atoms with E-state index in [1.165, 1.54) is 19.3 Å². The molecule has 1 aromatic rings. The maximum atomic E-state index is 12.2. The van der Waals surface area contributed by atoms with Crippen molar-refractivity contribution >= 4 is 5.97 Å². The van der Waals surface area contributed by atoms with Crippen LogP contribution >= 0.6 is 0 Å². The number of rotatable bonds is 3. The average molecular weight is 272 g/mol.